The van der Waals surface area contributed by atoms with Gasteiger partial charge in [-0.25, -0.2) is 0 Å². The molecular formula is C53H86O24. The average molecular weight is 1110 g/mol. The van der Waals surface area contributed by atoms with Crippen LogP contribution in [0.4, 0.5) is 0 Å². The van der Waals surface area contributed by atoms with Crippen molar-refractivity contribution in [3.05, 3.63) is 23.8 Å². The Balaban J connectivity index is 1.07. The predicted molar refractivity (Wildman–Crippen MR) is 262 cm³/mol. The summed E-state index contributed by atoms with van der Waals surface area (Å²) in [6.07, 6.45) is -27.3. The third kappa shape index (κ3) is 11.9. The summed E-state index contributed by atoms with van der Waals surface area (Å²) in [5.41, 5.74) is -0.0346. The van der Waals surface area contributed by atoms with Gasteiger partial charge >= 0.3 is 5.97 Å². The van der Waals surface area contributed by atoms with Crippen LogP contribution in [0.3, 0.4) is 0 Å². The first-order chi connectivity index (χ1) is 36.4. The van der Waals surface area contributed by atoms with E-state index in [0.29, 0.717) is 31.1 Å². The van der Waals surface area contributed by atoms with Crippen molar-refractivity contribution in [1.29, 1.82) is 0 Å². The molecule has 30 atom stereocenters. The lowest BCUT2D eigenvalue weighted by Gasteiger charge is -2.59. The highest BCUT2D eigenvalue weighted by Gasteiger charge is 2.64. The van der Waals surface area contributed by atoms with Crippen molar-refractivity contribution in [2.24, 2.45) is 52.3 Å². The number of aliphatic hydroxyl groups is 14. The lowest BCUT2D eigenvalue weighted by molar-refractivity contribution is -0.397. The van der Waals surface area contributed by atoms with Gasteiger partial charge in [0.05, 0.1) is 32.0 Å². The topological polar surface area (TPSA) is 383 Å². The molecule has 0 aromatic carbocycles. The minimum absolute atomic E-state index is 0.0186. The summed E-state index contributed by atoms with van der Waals surface area (Å²) in [6.45, 7) is 9.01. The Labute approximate surface area is 448 Å². The number of aliphatic hydroxyl groups excluding tert-OH is 14. The second-order valence-electron chi connectivity index (χ2n) is 23.8. The van der Waals surface area contributed by atoms with Crippen LogP contribution in [0.1, 0.15) is 80.1 Å². The average Bonchev–Trinajstić information content (AvgIpc) is 3.85. The molecule has 14 N–H and O–H groups in total. The molecule has 0 aromatic heterocycles. The number of fused-ring (bicyclic) bond motifs is 5. The van der Waals surface area contributed by atoms with Crippen LogP contribution in [0.5, 0.6) is 0 Å². The van der Waals surface area contributed by atoms with Gasteiger partial charge in [-0.05, 0) is 90.4 Å². The van der Waals surface area contributed by atoms with E-state index in [-0.39, 0.29) is 48.0 Å². The smallest absolute Gasteiger partial charge is 0.302 e. The van der Waals surface area contributed by atoms with Crippen LogP contribution in [-0.2, 0) is 47.4 Å². The Morgan fingerprint density at radius 3 is 1.84 bits per heavy atom. The number of rotatable bonds is 17. The van der Waals surface area contributed by atoms with Crippen LogP contribution in [-0.4, -0.2) is 246 Å². The van der Waals surface area contributed by atoms with Gasteiger partial charge in [0, 0.05) is 19.4 Å². The first kappa shape index (κ1) is 61.1. The maximum atomic E-state index is 12.5. The van der Waals surface area contributed by atoms with E-state index in [1.807, 2.05) is 6.08 Å². The summed E-state index contributed by atoms with van der Waals surface area (Å²) in [5.74, 6) is 0.0546. The normalized spacial score (nSPS) is 50.1. The molecule has 4 heterocycles. The standard InChI is InChI=1S/C53H86O24/c1-21(2)22(3)7-8-24(16-54)28-15-29(58)35-25-9-10-27-36(60)31(12-14-52(27,5)26(25)11-13-53(28,35)6)71-50-44(68)46(45(34(74-50)20-69-23(4)57)75-48-42(66)40(64)38(62)32(17-55)72-48)76-51-47(37(61)30(59)19-70-51)77-49-43(67)41(65)39(63)33(18-56)73-49/h7-8,10,21-22,24-26,28-51,54-56,58-68H,9,11-20H2,1-6H3/b8-7+/t22-,24+,25-,26+,28?,29+,30-,31+,32-,33-,34-,35-,36-,37-,38+,39+,40+,41+,42-,43-,44-,45-,46-,47+,48+,49+,50-,51+,52-,53-/m1/s1. The molecule has 8 rings (SSSR count). The largest absolute Gasteiger partial charge is 0.463 e. The fourth-order valence-electron chi connectivity index (χ4n) is 14.2. The van der Waals surface area contributed by atoms with Crippen LogP contribution >= 0.6 is 0 Å². The first-order valence-electron chi connectivity index (χ1n) is 27.4. The zero-order valence-electron chi connectivity index (χ0n) is 44.6. The van der Waals surface area contributed by atoms with Crippen LogP contribution in [0.15, 0.2) is 23.8 Å². The molecule has 4 saturated heterocycles. The maximum Gasteiger partial charge on any atom is 0.302 e. The lowest BCUT2D eigenvalue weighted by Crippen LogP contribution is -2.68. The molecule has 3 saturated carbocycles. The summed E-state index contributed by atoms with van der Waals surface area (Å²) in [5, 5.41) is 154. The zero-order valence-corrected chi connectivity index (χ0v) is 44.6. The zero-order chi connectivity index (χ0) is 56.2. The van der Waals surface area contributed by atoms with E-state index < -0.39 is 173 Å². The van der Waals surface area contributed by atoms with E-state index in [1.165, 1.54) is 0 Å². The minimum atomic E-state index is -2.01. The fourth-order valence-corrected chi connectivity index (χ4v) is 14.2. The number of hydrogen-bond donors (Lipinski definition) is 14. The van der Waals surface area contributed by atoms with Gasteiger partial charge in [-0.2, -0.15) is 0 Å². The van der Waals surface area contributed by atoms with E-state index in [4.69, 9.17) is 42.6 Å². The number of hydrogen-bond acceptors (Lipinski definition) is 24. The number of esters is 1. The van der Waals surface area contributed by atoms with Crippen molar-refractivity contribution < 1.29 is 119 Å². The molecule has 4 aliphatic heterocycles. The van der Waals surface area contributed by atoms with Gasteiger partial charge in [-0.15, -0.1) is 0 Å². The monoisotopic (exact) mass is 1110 g/mol. The lowest BCUT2D eigenvalue weighted by atomic mass is 9.46. The van der Waals surface area contributed by atoms with Gasteiger partial charge in [-0.3, -0.25) is 4.79 Å². The highest BCUT2D eigenvalue weighted by Crippen LogP contribution is 2.67. The molecule has 0 spiro atoms. The van der Waals surface area contributed by atoms with Crippen LogP contribution in [0.25, 0.3) is 0 Å². The van der Waals surface area contributed by atoms with Crippen molar-refractivity contribution in [1.82, 2.24) is 0 Å². The summed E-state index contributed by atoms with van der Waals surface area (Å²) >= 11 is 0. The maximum absolute atomic E-state index is 12.5. The van der Waals surface area contributed by atoms with Crippen molar-refractivity contribution in [2.45, 2.75) is 215 Å². The Morgan fingerprint density at radius 2 is 1.26 bits per heavy atom. The minimum Gasteiger partial charge on any atom is -0.463 e. The molecule has 0 aromatic rings. The third-order valence-corrected chi connectivity index (χ3v) is 19.0. The van der Waals surface area contributed by atoms with Gasteiger partial charge in [-0.1, -0.05) is 52.8 Å². The number of ether oxygens (including phenoxy) is 9. The Morgan fingerprint density at radius 1 is 0.675 bits per heavy atom. The SMILES string of the molecule is CC(=O)OC[C@H]1O[C@@H](O[C@H]2CC[C@@]3(C)C(=CC[C@H]4[C@@H]5[C@@H](O)CC([C@@H](/C=C/[C@@H](C)C(C)C)CO)[C@@]5(C)CC[C@@H]43)[C@H]2O)[C@H](O)[C@@H](O[C@@H]2OC[C@@H](O)[C@@H](O)[C@@H]2O[C@@H]2O[C@H](CO)[C@H](O)[C@H](O)[C@H]2O)[C@@H]1O[C@@H]1O[C@H](CO)[C@H](O)[C@H](O)[C@H]1O. The Bertz CT molecular complexity index is 2010. The van der Waals surface area contributed by atoms with E-state index in [0.717, 1.165) is 25.3 Å². The Hall–Kier alpha value is -1.93. The quantitative estimate of drug-likeness (QED) is 0.0505. The molecule has 7 fully saturated rings. The van der Waals surface area contributed by atoms with Crippen molar-refractivity contribution in [2.75, 3.05) is 33.0 Å². The molecule has 1 unspecified atom stereocenters. The van der Waals surface area contributed by atoms with Gasteiger partial charge in [0.25, 0.3) is 0 Å². The number of allylic oxidation sites excluding steroid dienone is 2. The first-order valence-corrected chi connectivity index (χ1v) is 27.4. The summed E-state index contributed by atoms with van der Waals surface area (Å²) in [4.78, 5) is 12.4. The van der Waals surface area contributed by atoms with Gasteiger partial charge in [0.1, 0.15) is 104 Å². The van der Waals surface area contributed by atoms with E-state index in [2.05, 4.69) is 46.8 Å². The molecule has 4 aliphatic carbocycles. The summed E-state index contributed by atoms with van der Waals surface area (Å²) in [7, 11) is 0. The van der Waals surface area contributed by atoms with Crippen LogP contribution < -0.4 is 0 Å². The molecule has 0 amide bonds. The number of carbonyl (C=O) groups is 1. The summed E-state index contributed by atoms with van der Waals surface area (Å²) < 4.78 is 53.7. The van der Waals surface area contributed by atoms with Gasteiger partial charge < -0.3 is 114 Å². The Kier molecular flexibility index (Phi) is 19.8. The fraction of sp³-hybridized carbons (Fsp3) is 0.906. The van der Waals surface area contributed by atoms with Crippen LogP contribution in [0, 0.1) is 52.3 Å². The highest BCUT2D eigenvalue weighted by molar-refractivity contribution is 5.65. The van der Waals surface area contributed by atoms with Gasteiger partial charge in [0.2, 0.25) is 0 Å². The predicted octanol–water partition coefficient (Wildman–Crippen LogP) is -3.17. The molecule has 0 bridgehead atoms. The third-order valence-electron chi connectivity index (χ3n) is 19.0. The van der Waals surface area contributed by atoms with Crippen molar-refractivity contribution >= 4 is 5.97 Å². The van der Waals surface area contributed by atoms with E-state index in [9.17, 15) is 76.3 Å². The molecular weight excluding hydrogens is 1020 g/mol. The van der Waals surface area contributed by atoms with E-state index in [1.54, 1.807) is 0 Å². The summed E-state index contributed by atoms with van der Waals surface area (Å²) in [6, 6.07) is 0. The van der Waals surface area contributed by atoms with E-state index >= 15 is 0 Å². The molecule has 8 aliphatic rings. The molecule has 24 nitrogen and oxygen atoms in total. The van der Waals surface area contributed by atoms with Gasteiger partial charge in [0.15, 0.2) is 25.2 Å². The molecule has 0 radical (unpaired) electrons. The second-order valence-corrected chi connectivity index (χ2v) is 23.8. The van der Waals surface area contributed by atoms with Crippen molar-refractivity contribution in [3.63, 3.8) is 0 Å². The molecule has 442 valence electrons. The molecule has 24 heteroatoms. The molecule has 77 heavy (non-hydrogen) atoms. The van der Waals surface area contributed by atoms with Crippen LogP contribution in [0.2, 0.25) is 0 Å². The second kappa shape index (κ2) is 24.9. The highest BCUT2D eigenvalue weighted by atomic mass is 16.8. The van der Waals surface area contributed by atoms with Crippen molar-refractivity contribution in [3.8, 4) is 0 Å². The number of carbonyl (C=O) groups excluding carboxylic acids is 1.